The Kier molecular flexibility index (Phi) is 4.22. The van der Waals surface area contributed by atoms with Crippen molar-refractivity contribution in [1.29, 1.82) is 0 Å². The highest BCUT2D eigenvalue weighted by Gasteiger charge is 2.61. The molecule has 3 aliphatic heterocycles. The predicted octanol–water partition coefficient (Wildman–Crippen LogP) is 3.40. The summed E-state index contributed by atoms with van der Waals surface area (Å²) in [6.45, 7) is 4.43. The third kappa shape index (κ3) is 2.95. The number of benzene rings is 2. The summed E-state index contributed by atoms with van der Waals surface area (Å²) >= 11 is 3.45. The molecule has 0 bridgehead atoms. The van der Waals surface area contributed by atoms with Crippen LogP contribution < -0.4 is 14.8 Å². The highest BCUT2D eigenvalue weighted by atomic mass is 79.9. The lowest BCUT2D eigenvalue weighted by atomic mass is 9.81. The van der Waals surface area contributed by atoms with Gasteiger partial charge in [-0.3, -0.25) is 14.5 Å². The van der Waals surface area contributed by atoms with Gasteiger partial charge < -0.3 is 14.8 Å². The summed E-state index contributed by atoms with van der Waals surface area (Å²) in [5.41, 5.74) is 1.39. The average Bonchev–Trinajstić information content (AvgIpc) is 3.33. The number of imide groups is 1. The van der Waals surface area contributed by atoms with Crippen molar-refractivity contribution in [2.75, 3.05) is 6.79 Å². The normalized spacial score (nSPS) is 26.9. The average molecular weight is 457 g/mol. The van der Waals surface area contributed by atoms with E-state index >= 15 is 0 Å². The maximum atomic E-state index is 13.4. The van der Waals surface area contributed by atoms with Crippen molar-refractivity contribution >= 4 is 27.7 Å². The van der Waals surface area contributed by atoms with E-state index in [9.17, 15) is 9.59 Å². The fourth-order valence-electron chi connectivity index (χ4n) is 4.76. The number of carbonyl (C=O) groups is 2. The van der Waals surface area contributed by atoms with Crippen LogP contribution >= 0.6 is 15.9 Å². The van der Waals surface area contributed by atoms with Crippen LogP contribution in [0, 0.1) is 11.8 Å². The molecule has 3 aliphatic rings. The summed E-state index contributed by atoms with van der Waals surface area (Å²) in [6.07, 6.45) is 0. The lowest BCUT2D eigenvalue weighted by Crippen LogP contribution is -2.45. The van der Waals surface area contributed by atoms with E-state index in [0.29, 0.717) is 11.5 Å². The van der Waals surface area contributed by atoms with Crippen LogP contribution in [0.4, 0.5) is 0 Å². The van der Waals surface area contributed by atoms with Crippen molar-refractivity contribution in [2.24, 2.45) is 11.8 Å². The Morgan fingerprint density at radius 3 is 2.55 bits per heavy atom. The maximum absolute atomic E-state index is 13.4. The molecule has 7 heteroatoms. The molecule has 0 aliphatic carbocycles. The molecule has 2 amide bonds. The molecule has 2 fully saturated rings. The van der Waals surface area contributed by atoms with E-state index in [2.05, 4.69) is 21.2 Å². The summed E-state index contributed by atoms with van der Waals surface area (Å²) in [4.78, 5) is 28.1. The minimum Gasteiger partial charge on any atom is -0.454 e. The van der Waals surface area contributed by atoms with Crippen LogP contribution in [0.3, 0.4) is 0 Å². The zero-order valence-electron chi connectivity index (χ0n) is 16.1. The minimum absolute atomic E-state index is 0.116. The summed E-state index contributed by atoms with van der Waals surface area (Å²) < 4.78 is 11.7. The van der Waals surface area contributed by atoms with Crippen LogP contribution in [0.5, 0.6) is 11.5 Å². The highest BCUT2D eigenvalue weighted by molar-refractivity contribution is 9.10. The number of carbonyl (C=O) groups excluding carboxylic acids is 2. The van der Waals surface area contributed by atoms with Gasteiger partial charge in [-0.1, -0.05) is 34.1 Å². The maximum Gasteiger partial charge on any atom is 0.235 e. The van der Waals surface area contributed by atoms with E-state index in [1.165, 1.54) is 4.90 Å². The first-order valence-corrected chi connectivity index (χ1v) is 10.4. The van der Waals surface area contributed by atoms with Gasteiger partial charge in [0.1, 0.15) is 0 Å². The van der Waals surface area contributed by atoms with E-state index < -0.39 is 17.4 Å². The van der Waals surface area contributed by atoms with Crippen molar-refractivity contribution in [3.05, 3.63) is 58.1 Å². The van der Waals surface area contributed by atoms with Crippen LogP contribution in [0.25, 0.3) is 0 Å². The minimum atomic E-state index is -0.473. The van der Waals surface area contributed by atoms with Gasteiger partial charge in [-0.15, -0.1) is 0 Å². The SMILES string of the molecule is CC1(C)NC(c2ccc(Br)cc2)C2C(=O)N(Cc3ccc4c(c3)OCO4)C(=O)C21. The fourth-order valence-corrected chi connectivity index (χ4v) is 5.03. The standard InChI is InChI=1S/C22H21BrN2O4/c1-22(2)18-17(19(24-22)13-4-6-14(23)7-5-13)20(26)25(21(18)27)10-12-3-8-15-16(9-12)29-11-28-15/h3-9,17-19,24H,10-11H2,1-2H3. The predicted molar refractivity (Wildman–Crippen MR) is 109 cm³/mol. The summed E-state index contributed by atoms with van der Waals surface area (Å²) in [7, 11) is 0. The number of rotatable bonds is 3. The zero-order chi connectivity index (χ0) is 20.3. The monoisotopic (exact) mass is 456 g/mol. The first kappa shape index (κ1) is 18.6. The Hall–Kier alpha value is -2.38. The smallest absolute Gasteiger partial charge is 0.235 e. The quantitative estimate of drug-likeness (QED) is 0.716. The number of nitrogens with zero attached hydrogens (tertiary/aromatic N) is 1. The van der Waals surface area contributed by atoms with Gasteiger partial charge >= 0.3 is 0 Å². The molecule has 0 saturated carbocycles. The molecule has 0 spiro atoms. The number of likely N-dealkylation sites (tertiary alicyclic amines) is 1. The third-order valence-electron chi connectivity index (χ3n) is 6.11. The van der Waals surface area contributed by atoms with Gasteiger partial charge in [0.2, 0.25) is 18.6 Å². The second-order valence-corrected chi connectivity index (χ2v) is 9.26. The van der Waals surface area contributed by atoms with Gasteiger partial charge in [-0.2, -0.15) is 0 Å². The van der Waals surface area contributed by atoms with Gasteiger partial charge in [0.25, 0.3) is 0 Å². The van der Waals surface area contributed by atoms with E-state index in [0.717, 1.165) is 15.6 Å². The molecule has 150 valence electrons. The summed E-state index contributed by atoms with van der Waals surface area (Å²) in [5.74, 6) is 0.297. The lowest BCUT2D eigenvalue weighted by Gasteiger charge is -2.27. The van der Waals surface area contributed by atoms with Crippen molar-refractivity contribution < 1.29 is 19.1 Å². The number of hydrogen-bond donors (Lipinski definition) is 1. The molecule has 2 saturated heterocycles. The molecule has 3 heterocycles. The van der Waals surface area contributed by atoms with Crippen LogP contribution in [-0.4, -0.2) is 29.0 Å². The van der Waals surface area contributed by atoms with Crippen LogP contribution in [0.15, 0.2) is 46.9 Å². The molecule has 0 aromatic heterocycles. The molecule has 2 aromatic rings. The number of nitrogens with one attached hydrogen (secondary N) is 1. The van der Waals surface area contributed by atoms with E-state index in [-0.39, 0.29) is 31.2 Å². The molecule has 2 aromatic carbocycles. The van der Waals surface area contributed by atoms with Crippen LogP contribution in [-0.2, 0) is 16.1 Å². The molecule has 1 N–H and O–H groups in total. The summed E-state index contributed by atoms with van der Waals surface area (Å²) in [6, 6.07) is 13.3. The molecular weight excluding hydrogens is 436 g/mol. The van der Waals surface area contributed by atoms with Crippen molar-refractivity contribution in [2.45, 2.75) is 32.0 Å². The Labute approximate surface area is 177 Å². The molecule has 3 unspecified atom stereocenters. The van der Waals surface area contributed by atoms with Gasteiger partial charge in [-0.05, 0) is 49.2 Å². The van der Waals surface area contributed by atoms with Gasteiger partial charge in [0.15, 0.2) is 11.5 Å². The van der Waals surface area contributed by atoms with E-state index in [1.54, 1.807) is 0 Å². The molecule has 29 heavy (non-hydrogen) atoms. The Balaban J connectivity index is 1.45. The van der Waals surface area contributed by atoms with E-state index in [1.807, 2.05) is 56.3 Å². The number of hydrogen-bond acceptors (Lipinski definition) is 5. The molecular formula is C22H21BrN2O4. The highest BCUT2D eigenvalue weighted by Crippen LogP contribution is 2.48. The second-order valence-electron chi connectivity index (χ2n) is 8.35. The molecule has 5 rings (SSSR count). The van der Waals surface area contributed by atoms with E-state index in [4.69, 9.17) is 9.47 Å². The number of fused-ring (bicyclic) bond motifs is 2. The van der Waals surface area contributed by atoms with Gasteiger partial charge in [0.05, 0.1) is 18.4 Å². The van der Waals surface area contributed by atoms with Gasteiger partial charge in [0, 0.05) is 16.1 Å². The number of halogens is 1. The molecule has 6 nitrogen and oxygen atoms in total. The largest absolute Gasteiger partial charge is 0.454 e. The van der Waals surface area contributed by atoms with Crippen molar-refractivity contribution in [3.8, 4) is 11.5 Å². The molecule has 3 atom stereocenters. The fraction of sp³-hybridized carbons (Fsp3) is 0.364. The van der Waals surface area contributed by atoms with Crippen molar-refractivity contribution in [3.63, 3.8) is 0 Å². The third-order valence-corrected chi connectivity index (χ3v) is 6.64. The second kappa shape index (κ2) is 6.57. The Bertz CT molecular complexity index is 1000. The topological polar surface area (TPSA) is 67.9 Å². The number of ether oxygens (including phenoxy) is 2. The lowest BCUT2D eigenvalue weighted by molar-refractivity contribution is -0.141. The Morgan fingerprint density at radius 2 is 1.79 bits per heavy atom. The first-order valence-electron chi connectivity index (χ1n) is 9.62. The zero-order valence-corrected chi connectivity index (χ0v) is 17.7. The molecule has 0 radical (unpaired) electrons. The first-order chi connectivity index (χ1) is 13.8. The number of amides is 2. The summed E-state index contributed by atoms with van der Waals surface area (Å²) in [5, 5.41) is 3.53. The van der Waals surface area contributed by atoms with Gasteiger partial charge in [-0.25, -0.2) is 0 Å². The Morgan fingerprint density at radius 1 is 1.07 bits per heavy atom. The van der Waals surface area contributed by atoms with Crippen LogP contribution in [0.1, 0.15) is 31.0 Å². The van der Waals surface area contributed by atoms with Crippen molar-refractivity contribution in [1.82, 2.24) is 10.2 Å². The van der Waals surface area contributed by atoms with Crippen LogP contribution in [0.2, 0.25) is 0 Å².